The molecule has 0 fully saturated rings. The first-order chi connectivity index (χ1) is 16.8. The van der Waals surface area contributed by atoms with Crippen molar-refractivity contribution in [2.75, 3.05) is 6.61 Å². The van der Waals surface area contributed by atoms with Gasteiger partial charge in [-0.05, 0) is 83.7 Å². The number of allylic oxidation sites excluding steroid dienone is 1. The van der Waals surface area contributed by atoms with Crippen molar-refractivity contribution in [2.24, 2.45) is 0 Å². The SMILES string of the molecule is O=C(COc1ccc2ccccc2c1)N1NC2=C(CCC/C2=C\c2ccco2)[C@@H]1c1ccco1. The van der Waals surface area contributed by atoms with Crippen molar-refractivity contribution < 1.29 is 18.4 Å². The summed E-state index contributed by atoms with van der Waals surface area (Å²) in [4.78, 5) is 13.4. The summed E-state index contributed by atoms with van der Waals surface area (Å²) in [6.07, 6.45) is 8.15. The second-order valence-electron chi connectivity index (χ2n) is 8.53. The highest BCUT2D eigenvalue weighted by Crippen LogP contribution is 2.44. The van der Waals surface area contributed by atoms with Gasteiger partial charge in [0.25, 0.3) is 5.91 Å². The number of hydrogen-bond acceptors (Lipinski definition) is 5. The molecule has 6 rings (SSSR count). The number of fused-ring (bicyclic) bond motifs is 1. The molecule has 0 saturated carbocycles. The Kier molecular flexibility index (Phi) is 5.18. The van der Waals surface area contributed by atoms with E-state index in [1.54, 1.807) is 17.5 Å². The molecule has 0 bridgehead atoms. The third kappa shape index (κ3) is 3.77. The molecule has 4 aromatic rings. The lowest BCUT2D eigenvalue weighted by Crippen LogP contribution is -2.42. The summed E-state index contributed by atoms with van der Waals surface area (Å²) in [6, 6.07) is 21.2. The lowest BCUT2D eigenvalue weighted by Gasteiger charge is -2.25. The van der Waals surface area contributed by atoms with Crippen molar-refractivity contribution >= 4 is 22.8 Å². The van der Waals surface area contributed by atoms with Gasteiger partial charge in [0.1, 0.15) is 23.3 Å². The molecular formula is C28H24N2O4. The molecule has 0 unspecified atom stereocenters. The topological polar surface area (TPSA) is 67.8 Å². The van der Waals surface area contributed by atoms with E-state index in [1.807, 2.05) is 66.7 Å². The zero-order valence-electron chi connectivity index (χ0n) is 18.6. The number of amides is 1. The lowest BCUT2D eigenvalue weighted by atomic mass is 9.88. The fourth-order valence-electron chi connectivity index (χ4n) is 4.80. The molecule has 1 atom stereocenters. The number of ether oxygens (including phenoxy) is 1. The van der Waals surface area contributed by atoms with E-state index < -0.39 is 0 Å². The second kappa shape index (κ2) is 8.63. The molecule has 2 aromatic heterocycles. The van der Waals surface area contributed by atoms with Gasteiger partial charge in [0, 0.05) is 0 Å². The number of carbonyl (C=O) groups excluding carboxylic acids is 1. The molecule has 1 N–H and O–H groups in total. The molecule has 1 amide bonds. The van der Waals surface area contributed by atoms with E-state index in [2.05, 4.69) is 11.5 Å². The van der Waals surface area contributed by atoms with Crippen LogP contribution in [0.1, 0.15) is 36.8 Å². The maximum absolute atomic E-state index is 13.4. The number of furan rings is 2. The standard InChI is InChI=1S/C28H24N2O4/c31-26(18-34-23-13-12-19-6-1-2-7-20(19)16-23)30-28(25-11-5-15-33-25)24-10-3-8-21(27(24)29-30)17-22-9-4-14-32-22/h1-2,4-7,9,11-17,28-29H,3,8,10,18H2/b21-17+/t28-/m1/s1. The van der Waals surface area contributed by atoms with E-state index in [4.69, 9.17) is 13.6 Å². The Morgan fingerprint density at radius 2 is 1.85 bits per heavy atom. The van der Waals surface area contributed by atoms with Crippen molar-refractivity contribution in [1.82, 2.24) is 10.4 Å². The molecule has 1 aliphatic heterocycles. The van der Waals surface area contributed by atoms with Crippen molar-refractivity contribution in [3.8, 4) is 5.75 Å². The molecule has 0 radical (unpaired) electrons. The average Bonchev–Trinajstić information content (AvgIpc) is 3.63. The predicted molar refractivity (Wildman–Crippen MR) is 128 cm³/mol. The van der Waals surface area contributed by atoms with Crippen LogP contribution in [0.15, 0.2) is 105 Å². The van der Waals surface area contributed by atoms with Gasteiger partial charge < -0.3 is 13.6 Å². The van der Waals surface area contributed by atoms with Crippen LogP contribution in [0.4, 0.5) is 0 Å². The van der Waals surface area contributed by atoms with Crippen LogP contribution in [0.2, 0.25) is 0 Å². The molecule has 170 valence electrons. The Bertz CT molecular complexity index is 1380. The van der Waals surface area contributed by atoms with Crippen LogP contribution >= 0.6 is 0 Å². The Balaban J connectivity index is 1.26. The fraction of sp³-hybridized carbons (Fsp3) is 0.179. The van der Waals surface area contributed by atoms with E-state index in [9.17, 15) is 4.79 Å². The normalized spacial score (nSPS) is 18.9. The van der Waals surface area contributed by atoms with Gasteiger partial charge in [-0.15, -0.1) is 0 Å². The molecule has 2 aliphatic rings. The summed E-state index contributed by atoms with van der Waals surface area (Å²) in [7, 11) is 0. The number of carbonyl (C=O) groups is 1. The van der Waals surface area contributed by atoms with E-state index in [0.29, 0.717) is 5.75 Å². The summed E-state index contributed by atoms with van der Waals surface area (Å²) < 4.78 is 17.2. The van der Waals surface area contributed by atoms with E-state index in [-0.39, 0.29) is 18.6 Å². The van der Waals surface area contributed by atoms with E-state index in [0.717, 1.165) is 58.4 Å². The van der Waals surface area contributed by atoms with Crippen LogP contribution in [0.25, 0.3) is 16.8 Å². The molecule has 0 spiro atoms. The Labute approximate surface area is 197 Å². The van der Waals surface area contributed by atoms with Gasteiger partial charge in [-0.25, -0.2) is 5.01 Å². The van der Waals surface area contributed by atoms with Crippen molar-refractivity contribution in [3.05, 3.63) is 108 Å². The fourth-order valence-corrected chi connectivity index (χ4v) is 4.80. The molecule has 2 aromatic carbocycles. The second-order valence-corrected chi connectivity index (χ2v) is 8.53. The monoisotopic (exact) mass is 452 g/mol. The summed E-state index contributed by atoms with van der Waals surface area (Å²) >= 11 is 0. The van der Waals surface area contributed by atoms with Crippen LogP contribution in [-0.4, -0.2) is 17.5 Å². The minimum absolute atomic E-state index is 0.0830. The minimum atomic E-state index is -0.307. The third-order valence-electron chi connectivity index (χ3n) is 6.38. The molecule has 0 saturated heterocycles. The number of nitrogens with one attached hydrogen (secondary N) is 1. The van der Waals surface area contributed by atoms with Crippen LogP contribution in [-0.2, 0) is 4.79 Å². The molecule has 6 nitrogen and oxygen atoms in total. The summed E-state index contributed by atoms with van der Waals surface area (Å²) in [6.45, 7) is -0.0830. The number of hydrazine groups is 1. The highest BCUT2D eigenvalue weighted by atomic mass is 16.5. The van der Waals surface area contributed by atoms with Gasteiger partial charge in [0.05, 0.1) is 18.2 Å². The molecule has 6 heteroatoms. The van der Waals surface area contributed by atoms with Gasteiger partial charge in [-0.3, -0.25) is 10.2 Å². The maximum Gasteiger partial charge on any atom is 0.279 e. The van der Waals surface area contributed by atoms with Gasteiger partial charge in [0.2, 0.25) is 0 Å². The van der Waals surface area contributed by atoms with Gasteiger partial charge in [-0.1, -0.05) is 30.3 Å². The van der Waals surface area contributed by atoms with Crippen LogP contribution in [0.3, 0.4) is 0 Å². The number of hydrogen-bond donors (Lipinski definition) is 1. The average molecular weight is 453 g/mol. The summed E-state index contributed by atoms with van der Waals surface area (Å²) in [5.41, 5.74) is 6.62. The number of nitrogens with zero attached hydrogens (tertiary/aromatic N) is 1. The minimum Gasteiger partial charge on any atom is -0.484 e. The molecule has 34 heavy (non-hydrogen) atoms. The first-order valence-electron chi connectivity index (χ1n) is 11.5. The van der Waals surface area contributed by atoms with Crippen molar-refractivity contribution in [1.29, 1.82) is 0 Å². The Morgan fingerprint density at radius 3 is 2.68 bits per heavy atom. The van der Waals surface area contributed by atoms with Gasteiger partial charge in [0.15, 0.2) is 6.61 Å². The first-order valence-corrected chi connectivity index (χ1v) is 11.5. The zero-order valence-corrected chi connectivity index (χ0v) is 18.6. The molecule has 3 heterocycles. The number of benzene rings is 2. The quantitative estimate of drug-likeness (QED) is 0.401. The highest BCUT2D eigenvalue weighted by molar-refractivity contribution is 5.84. The molecule has 1 aliphatic carbocycles. The molecular weight excluding hydrogens is 428 g/mol. The smallest absolute Gasteiger partial charge is 0.279 e. The predicted octanol–water partition coefficient (Wildman–Crippen LogP) is 6.01. The third-order valence-corrected chi connectivity index (χ3v) is 6.38. The zero-order chi connectivity index (χ0) is 22.9. The first kappa shape index (κ1) is 20.4. The van der Waals surface area contributed by atoms with Crippen LogP contribution < -0.4 is 10.2 Å². The summed E-state index contributed by atoms with van der Waals surface area (Å²) in [5, 5.41) is 3.85. The Morgan fingerprint density at radius 1 is 1.00 bits per heavy atom. The lowest BCUT2D eigenvalue weighted by molar-refractivity contribution is -0.137. The van der Waals surface area contributed by atoms with Crippen molar-refractivity contribution in [3.63, 3.8) is 0 Å². The maximum atomic E-state index is 13.4. The van der Waals surface area contributed by atoms with Crippen LogP contribution in [0, 0.1) is 0 Å². The highest BCUT2D eigenvalue weighted by Gasteiger charge is 2.40. The van der Waals surface area contributed by atoms with Crippen LogP contribution in [0.5, 0.6) is 5.75 Å². The number of rotatable bonds is 5. The van der Waals surface area contributed by atoms with Gasteiger partial charge >= 0.3 is 0 Å². The summed E-state index contributed by atoms with van der Waals surface area (Å²) in [5.74, 6) is 2.03. The van der Waals surface area contributed by atoms with Crippen molar-refractivity contribution in [2.45, 2.75) is 25.3 Å². The van der Waals surface area contributed by atoms with E-state index >= 15 is 0 Å². The Hall–Kier alpha value is -4.19. The largest absolute Gasteiger partial charge is 0.484 e. The van der Waals surface area contributed by atoms with E-state index in [1.165, 1.54) is 0 Å². The van der Waals surface area contributed by atoms with Gasteiger partial charge in [-0.2, -0.15) is 0 Å².